The first-order chi connectivity index (χ1) is 7.90. The average Bonchev–Trinajstić information content (AvgIpc) is 2.19. The Morgan fingerprint density at radius 1 is 1.18 bits per heavy atom. The van der Waals surface area contributed by atoms with E-state index < -0.39 is 6.36 Å². The molecule has 96 valence electrons. The lowest BCUT2D eigenvalue weighted by Gasteiger charge is -2.14. The minimum absolute atomic E-state index is 0.0608. The fraction of sp³-hybridized carbons (Fsp3) is 0.455. The summed E-state index contributed by atoms with van der Waals surface area (Å²) in [7, 11) is 1.79. The lowest BCUT2D eigenvalue weighted by molar-refractivity contribution is -0.274. The van der Waals surface area contributed by atoms with Gasteiger partial charge in [-0.05, 0) is 38.2 Å². The highest BCUT2D eigenvalue weighted by molar-refractivity contribution is 5.31. The number of hydrogen-bond acceptors (Lipinski definition) is 3. The third-order valence-corrected chi connectivity index (χ3v) is 1.89. The minimum Gasteiger partial charge on any atom is -0.489 e. The predicted molar refractivity (Wildman–Crippen MR) is 57.1 cm³/mol. The van der Waals surface area contributed by atoms with Gasteiger partial charge in [0.15, 0.2) is 0 Å². The van der Waals surface area contributed by atoms with Gasteiger partial charge in [0.2, 0.25) is 0 Å². The highest BCUT2D eigenvalue weighted by Gasteiger charge is 2.30. The molecule has 6 heteroatoms. The first kappa shape index (κ1) is 13.6. The van der Waals surface area contributed by atoms with E-state index in [9.17, 15) is 13.2 Å². The molecule has 1 rings (SSSR count). The predicted octanol–water partition coefficient (Wildman–Crippen LogP) is 2.57. The van der Waals surface area contributed by atoms with Gasteiger partial charge in [-0.15, -0.1) is 13.2 Å². The van der Waals surface area contributed by atoms with Crippen molar-refractivity contribution in [2.45, 2.75) is 19.4 Å². The van der Waals surface area contributed by atoms with Crippen LogP contribution in [0.1, 0.15) is 6.92 Å². The molecule has 0 radical (unpaired) electrons. The SMILES string of the molecule is CNCC(C)Oc1ccc(OC(F)(F)F)cc1. The van der Waals surface area contributed by atoms with Crippen molar-refractivity contribution in [3.63, 3.8) is 0 Å². The van der Waals surface area contributed by atoms with Crippen LogP contribution >= 0.6 is 0 Å². The van der Waals surface area contributed by atoms with Crippen LogP contribution in [0.3, 0.4) is 0 Å². The maximum absolute atomic E-state index is 11.9. The highest BCUT2D eigenvalue weighted by atomic mass is 19.4. The zero-order valence-corrected chi connectivity index (χ0v) is 9.54. The fourth-order valence-corrected chi connectivity index (χ4v) is 1.28. The molecule has 1 unspecified atom stereocenters. The molecule has 1 N–H and O–H groups in total. The summed E-state index contributed by atoms with van der Waals surface area (Å²) >= 11 is 0. The van der Waals surface area contributed by atoms with Crippen LogP contribution in [-0.2, 0) is 0 Å². The maximum Gasteiger partial charge on any atom is 0.573 e. The summed E-state index contributed by atoms with van der Waals surface area (Å²) in [5.41, 5.74) is 0. The summed E-state index contributed by atoms with van der Waals surface area (Å²) in [4.78, 5) is 0. The molecule has 0 spiro atoms. The second-order valence-corrected chi connectivity index (χ2v) is 3.51. The van der Waals surface area contributed by atoms with Gasteiger partial charge in [-0.2, -0.15) is 0 Å². The Balaban J connectivity index is 2.56. The van der Waals surface area contributed by atoms with Crippen molar-refractivity contribution in [2.75, 3.05) is 13.6 Å². The molecule has 3 nitrogen and oxygen atoms in total. The van der Waals surface area contributed by atoms with Gasteiger partial charge < -0.3 is 14.8 Å². The highest BCUT2D eigenvalue weighted by Crippen LogP contribution is 2.24. The zero-order valence-electron chi connectivity index (χ0n) is 9.54. The summed E-state index contributed by atoms with van der Waals surface area (Å²) < 4.78 is 44.9. The lowest BCUT2D eigenvalue weighted by Crippen LogP contribution is -2.26. The largest absolute Gasteiger partial charge is 0.573 e. The molecule has 0 heterocycles. The maximum atomic E-state index is 11.9. The van der Waals surface area contributed by atoms with Crippen LogP contribution in [0.15, 0.2) is 24.3 Å². The van der Waals surface area contributed by atoms with Crippen LogP contribution in [0.4, 0.5) is 13.2 Å². The molecule has 0 aromatic heterocycles. The molecule has 0 fully saturated rings. The van der Waals surface area contributed by atoms with E-state index in [1.165, 1.54) is 24.3 Å². The molecule has 17 heavy (non-hydrogen) atoms. The number of nitrogens with one attached hydrogen (secondary N) is 1. The van der Waals surface area contributed by atoms with Crippen molar-refractivity contribution in [3.8, 4) is 11.5 Å². The molecule has 1 aromatic carbocycles. The Hall–Kier alpha value is -1.43. The lowest BCUT2D eigenvalue weighted by atomic mass is 10.3. The molecule has 0 aliphatic rings. The smallest absolute Gasteiger partial charge is 0.489 e. The molecular formula is C11H14F3NO2. The summed E-state index contributed by atoms with van der Waals surface area (Å²) in [6.07, 6.45) is -4.73. The molecule has 0 bridgehead atoms. The fourth-order valence-electron chi connectivity index (χ4n) is 1.28. The minimum atomic E-state index is -4.66. The van der Waals surface area contributed by atoms with Crippen LogP contribution < -0.4 is 14.8 Å². The molecule has 0 saturated heterocycles. The molecule has 0 aliphatic carbocycles. The van der Waals surface area contributed by atoms with Crippen LogP contribution in [0.5, 0.6) is 11.5 Å². The number of likely N-dealkylation sites (N-methyl/N-ethyl adjacent to an activating group) is 1. The van der Waals surface area contributed by atoms with Gasteiger partial charge in [0.25, 0.3) is 0 Å². The second-order valence-electron chi connectivity index (χ2n) is 3.51. The van der Waals surface area contributed by atoms with Crippen LogP contribution in [0.2, 0.25) is 0 Å². The van der Waals surface area contributed by atoms with E-state index >= 15 is 0 Å². The van der Waals surface area contributed by atoms with E-state index in [1.807, 2.05) is 6.92 Å². The molecule has 0 amide bonds. The monoisotopic (exact) mass is 249 g/mol. The number of rotatable bonds is 5. The molecular weight excluding hydrogens is 235 g/mol. The third kappa shape index (κ3) is 5.44. The van der Waals surface area contributed by atoms with Gasteiger partial charge in [-0.25, -0.2) is 0 Å². The Morgan fingerprint density at radius 3 is 2.18 bits per heavy atom. The van der Waals surface area contributed by atoms with Crippen molar-refractivity contribution < 1.29 is 22.6 Å². The van der Waals surface area contributed by atoms with Crippen molar-refractivity contribution in [1.82, 2.24) is 5.32 Å². The van der Waals surface area contributed by atoms with Gasteiger partial charge in [0.05, 0.1) is 0 Å². The molecule has 0 saturated carbocycles. The summed E-state index contributed by atoms with van der Waals surface area (Å²) in [6.45, 7) is 2.51. The Kier molecular flexibility index (Phi) is 4.62. The number of benzene rings is 1. The van der Waals surface area contributed by atoms with E-state index in [0.717, 1.165) is 0 Å². The number of alkyl halides is 3. The number of ether oxygens (including phenoxy) is 2. The third-order valence-electron chi connectivity index (χ3n) is 1.89. The van der Waals surface area contributed by atoms with E-state index in [1.54, 1.807) is 7.05 Å². The van der Waals surface area contributed by atoms with Crippen LogP contribution in [0, 0.1) is 0 Å². The normalized spacial score (nSPS) is 13.2. The van der Waals surface area contributed by atoms with Gasteiger partial charge in [0, 0.05) is 6.54 Å². The quantitative estimate of drug-likeness (QED) is 0.870. The van der Waals surface area contributed by atoms with Crippen molar-refractivity contribution in [1.29, 1.82) is 0 Å². The summed E-state index contributed by atoms with van der Waals surface area (Å²) in [5, 5.41) is 2.93. The van der Waals surface area contributed by atoms with E-state index in [-0.39, 0.29) is 11.9 Å². The Labute approximate surface area is 97.5 Å². The second kappa shape index (κ2) is 5.77. The van der Waals surface area contributed by atoms with Crippen LogP contribution in [0.25, 0.3) is 0 Å². The standard InChI is InChI=1S/C11H14F3NO2/c1-8(7-15-2)16-9-3-5-10(6-4-9)17-11(12,13)14/h3-6,8,15H,7H2,1-2H3. The van der Waals surface area contributed by atoms with Crippen molar-refractivity contribution in [3.05, 3.63) is 24.3 Å². The first-order valence-corrected chi connectivity index (χ1v) is 5.08. The zero-order chi connectivity index (χ0) is 12.9. The molecule has 1 atom stereocenters. The molecule has 0 aliphatic heterocycles. The summed E-state index contributed by atoms with van der Waals surface area (Å²) in [6, 6.07) is 5.31. The summed E-state index contributed by atoms with van der Waals surface area (Å²) in [5.74, 6) is 0.244. The van der Waals surface area contributed by atoms with Crippen molar-refractivity contribution in [2.24, 2.45) is 0 Å². The average molecular weight is 249 g/mol. The Morgan fingerprint density at radius 2 is 1.71 bits per heavy atom. The number of halogens is 3. The van der Waals surface area contributed by atoms with Crippen LogP contribution in [-0.4, -0.2) is 26.1 Å². The van der Waals surface area contributed by atoms with E-state index in [0.29, 0.717) is 12.3 Å². The van der Waals surface area contributed by atoms with Gasteiger partial charge in [-0.1, -0.05) is 0 Å². The number of hydrogen-bond donors (Lipinski definition) is 1. The van der Waals surface area contributed by atoms with E-state index in [2.05, 4.69) is 10.1 Å². The Bertz CT molecular complexity index is 338. The van der Waals surface area contributed by atoms with Gasteiger partial charge in [-0.3, -0.25) is 0 Å². The topological polar surface area (TPSA) is 30.5 Å². The first-order valence-electron chi connectivity index (χ1n) is 5.08. The van der Waals surface area contributed by atoms with Gasteiger partial charge in [0.1, 0.15) is 17.6 Å². The van der Waals surface area contributed by atoms with E-state index in [4.69, 9.17) is 4.74 Å². The van der Waals surface area contributed by atoms with Gasteiger partial charge >= 0.3 is 6.36 Å². The van der Waals surface area contributed by atoms with Crippen molar-refractivity contribution >= 4 is 0 Å². The molecule has 1 aromatic rings.